The molecule has 0 fully saturated rings. The first-order chi connectivity index (χ1) is 12.8. The summed E-state index contributed by atoms with van der Waals surface area (Å²) in [6.45, 7) is 4.42. The van der Waals surface area contributed by atoms with E-state index in [-0.39, 0.29) is 17.3 Å². The van der Waals surface area contributed by atoms with Crippen LogP contribution < -0.4 is 11.6 Å². The van der Waals surface area contributed by atoms with Crippen molar-refractivity contribution in [3.05, 3.63) is 45.8 Å². The number of hydrogen-bond acceptors (Lipinski definition) is 6. The second-order valence-electron chi connectivity index (χ2n) is 5.69. The first kappa shape index (κ1) is 23.2. The van der Waals surface area contributed by atoms with E-state index in [1.165, 1.54) is 17.3 Å². The lowest BCUT2D eigenvalue weighted by atomic mass is 10.2. The molecule has 0 bridgehead atoms. The summed E-state index contributed by atoms with van der Waals surface area (Å²) in [5.41, 5.74) is 7.45. The number of pyridine rings is 1. The normalized spacial score (nSPS) is 11.5. The van der Waals surface area contributed by atoms with Crippen molar-refractivity contribution < 1.29 is 9.50 Å². The molecule has 6 nitrogen and oxygen atoms in total. The fraction of sp³-hybridized carbons (Fsp3) is 0.389. The van der Waals surface area contributed by atoms with Gasteiger partial charge in [0.25, 0.3) is 0 Å². The highest BCUT2D eigenvalue weighted by molar-refractivity contribution is 6.39. The van der Waals surface area contributed by atoms with Crippen molar-refractivity contribution in [2.75, 3.05) is 26.8 Å². The average Bonchev–Trinajstić information content (AvgIpc) is 2.61. The van der Waals surface area contributed by atoms with Gasteiger partial charge in [0.2, 0.25) is 0 Å². The number of likely N-dealkylation sites (N-methyl/N-ethyl adjacent to an activating group) is 1. The molecule has 150 valence electrons. The van der Waals surface area contributed by atoms with Crippen LogP contribution in [0.4, 0.5) is 4.39 Å². The smallest absolute Gasteiger partial charge is 0.160 e. The van der Waals surface area contributed by atoms with E-state index in [1.54, 1.807) is 6.07 Å². The molecule has 9 heteroatoms. The lowest BCUT2D eigenvalue weighted by molar-refractivity contribution is 0.320. The van der Waals surface area contributed by atoms with E-state index in [1.807, 2.05) is 31.9 Å². The van der Waals surface area contributed by atoms with Gasteiger partial charge in [0.1, 0.15) is 12.2 Å². The summed E-state index contributed by atoms with van der Waals surface area (Å²) >= 11 is 12.1. The van der Waals surface area contributed by atoms with Crippen LogP contribution in [-0.2, 0) is 6.54 Å². The Labute approximate surface area is 169 Å². The van der Waals surface area contributed by atoms with Crippen molar-refractivity contribution in [1.82, 2.24) is 14.9 Å². The van der Waals surface area contributed by atoms with E-state index in [0.29, 0.717) is 40.4 Å². The molecule has 0 spiro atoms. The number of rotatable bonds is 7. The third-order valence-electron chi connectivity index (χ3n) is 3.47. The molecular formula is C18H26Cl2FN5O. The van der Waals surface area contributed by atoms with Crippen LogP contribution in [0.15, 0.2) is 30.1 Å². The third-order valence-corrected chi connectivity index (χ3v) is 4.07. The van der Waals surface area contributed by atoms with Gasteiger partial charge in [-0.1, -0.05) is 37.0 Å². The van der Waals surface area contributed by atoms with Gasteiger partial charge >= 0.3 is 0 Å². The number of halogens is 3. The number of alkyl halides is 1. The SMILES string of the molecule is CC.CN(C/C(N)=C/N(N)CCF)Cc1ccc2c(Cl)cc(Cl)c(O)c2n1. The van der Waals surface area contributed by atoms with Crippen LogP contribution in [0.3, 0.4) is 0 Å². The molecule has 0 aliphatic rings. The van der Waals surface area contributed by atoms with Crippen molar-refractivity contribution in [3.63, 3.8) is 0 Å². The molecule has 0 radical (unpaired) electrons. The van der Waals surface area contributed by atoms with Crippen LogP contribution >= 0.6 is 23.2 Å². The van der Waals surface area contributed by atoms with Crippen molar-refractivity contribution in [1.29, 1.82) is 0 Å². The van der Waals surface area contributed by atoms with Gasteiger partial charge in [0, 0.05) is 30.4 Å². The molecule has 0 unspecified atom stereocenters. The topological polar surface area (TPSA) is 91.6 Å². The molecule has 1 aromatic carbocycles. The standard InChI is InChI=1S/C16H20Cl2FN5O.C2H6/c1-23(7-10(20)8-24(21)5-4-19)9-11-2-3-12-13(17)6-14(18)16(25)15(12)22-11;1-2/h2-3,6,8,25H,4-5,7,9,20-21H2,1H3;1-2H3/b10-8-;. The van der Waals surface area contributed by atoms with Crippen LogP contribution in [0.5, 0.6) is 5.75 Å². The zero-order valence-electron chi connectivity index (χ0n) is 15.7. The zero-order chi connectivity index (χ0) is 20.6. The highest BCUT2D eigenvalue weighted by Gasteiger charge is 2.12. The van der Waals surface area contributed by atoms with Crippen molar-refractivity contribution in [2.45, 2.75) is 20.4 Å². The van der Waals surface area contributed by atoms with Crippen LogP contribution in [0.1, 0.15) is 19.5 Å². The molecule has 27 heavy (non-hydrogen) atoms. The Kier molecular flexibility index (Phi) is 9.59. The predicted octanol–water partition coefficient (Wildman–Crippen LogP) is 3.65. The molecule has 0 saturated heterocycles. The molecule has 1 aromatic heterocycles. The van der Waals surface area contributed by atoms with Gasteiger partial charge in [0.05, 0.1) is 22.3 Å². The maximum Gasteiger partial charge on any atom is 0.160 e. The fourth-order valence-corrected chi connectivity index (χ4v) is 2.91. The zero-order valence-corrected chi connectivity index (χ0v) is 17.2. The van der Waals surface area contributed by atoms with Crippen LogP contribution in [-0.4, -0.2) is 46.8 Å². The highest BCUT2D eigenvalue weighted by atomic mass is 35.5. The number of aromatic hydroxyl groups is 1. The van der Waals surface area contributed by atoms with Gasteiger partial charge in [-0.15, -0.1) is 0 Å². The molecule has 1 heterocycles. The molecule has 0 aliphatic heterocycles. The number of hydrogen-bond donors (Lipinski definition) is 3. The molecular weight excluding hydrogens is 392 g/mol. The summed E-state index contributed by atoms with van der Waals surface area (Å²) in [6, 6.07) is 5.08. The average molecular weight is 418 g/mol. The van der Waals surface area contributed by atoms with Gasteiger partial charge < -0.3 is 15.8 Å². The highest BCUT2D eigenvalue weighted by Crippen LogP contribution is 2.36. The molecule has 0 atom stereocenters. The number of phenolic OH excluding ortho intramolecular Hbond substituents is 1. The Morgan fingerprint density at radius 1 is 1.30 bits per heavy atom. The Bertz CT molecular complexity index is 788. The molecule has 0 amide bonds. The minimum absolute atomic E-state index is 0.0808. The van der Waals surface area contributed by atoms with Crippen molar-refractivity contribution in [2.24, 2.45) is 11.6 Å². The molecule has 5 N–H and O–H groups in total. The lowest BCUT2D eigenvalue weighted by Gasteiger charge is -2.19. The monoisotopic (exact) mass is 417 g/mol. The fourth-order valence-electron chi connectivity index (χ4n) is 2.39. The molecule has 0 aliphatic carbocycles. The van der Waals surface area contributed by atoms with Crippen molar-refractivity contribution in [3.8, 4) is 5.75 Å². The van der Waals surface area contributed by atoms with Gasteiger partial charge in [-0.3, -0.25) is 4.90 Å². The number of aromatic nitrogens is 1. The Morgan fingerprint density at radius 2 is 1.96 bits per heavy atom. The number of benzene rings is 1. The summed E-state index contributed by atoms with van der Waals surface area (Å²) < 4.78 is 12.2. The molecule has 2 rings (SSSR count). The summed E-state index contributed by atoms with van der Waals surface area (Å²) in [5.74, 6) is 5.47. The third kappa shape index (κ3) is 6.70. The van der Waals surface area contributed by atoms with Gasteiger partial charge in [0.15, 0.2) is 5.75 Å². The van der Waals surface area contributed by atoms with E-state index in [0.717, 1.165) is 0 Å². The van der Waals surface area contributed by atoms with E-state index in [9.17, 15) is 9.50 Å². The summed E-state index contributed by atoms with van der Waals surface area (Å²) in [4.78, 5) is 6.34. The van der Waals surface area contributed by atoms with Crippen LogP contribution in [0.25, 0.3) is 10.9 Å². The number of nitrogens with two attached hydrogens (primary N) is 2. The van der Waals surface area contributed by atoms with E-state index in [4.69, 9.17) is 34.8 Å². The Hall–Kier alpha value is -1.80. The van der Waals surface area contributed by atoms with Gasteiger partial charge in [-0.2, -0.15) is 0 Å². The quantitative estimate of drug-likeness (QED) is 0.470. The van der Waals surface area contributed by atoms with Crippen LogP contribution in [0, 0.1) is 0 Å². The second-order valence-corrected chi connectivity index (χ2v) is 6.51. The largest absolute Gasteiger partial charge is 0.504 e. The number of hydrazine groups is 1. The summed E-state index contributed by atoms with van der Waals surface area (Å²) in [6.07, 6.45) is 1.50. The summed E-state index contributed by atoms with van der Waals surface area (Å²) in [7, 11) is 1.85. The lowest BCUT2D eigenvalue weighted by Crippen LogP contribution is -2.31. The van der Waals surface area contributed by atoms with E-state index < -0.39 is 6.67 Å². The van der Waals surface area contributed by atoms with E-state index in [2.05, 4.69) is 4.98 Å². The number of nitrogens with zero attached hydrogens (tertiary/aromatic N) is 3. The molecule has 2 aromatic rings. The predicted molar refractivity (Wildman–Crippen MR) is 110 cm³/mol. The van der Waals surface area contributed by atoms with Gasteiger partial charge in [-0.05, 0) is 25.2 Å². The first-order valence-corrected chi connectivity index (χ1v) is 9.26. The second kappa shape index (κ2) is 11.1. The minimum Gasteiger partial charge on any atom is -0.504 e. The minimum atomic E-state index is -0.550. The van der Waals surface area contributed by atoms with E-state index >= 15 is 0 Å². The number of fused-ring (bicyclic) bond motifs is 1. The van der Waals surface area contributed by atoms with Crippen molar-refractivity contribution >= 4 is 34.1 Å². The Balaban J connectivity index is 0.00000176. The van der Waals surface area contributed by atoms with Gasteiger partial charge in [-0.25, -0.2) is 15.2 Å². The maximum absolute atomic E-state index is 12.2. The van der Waals surface area contributed by atoms with Crippen LogP contribution in [0.2, 0.25) is 10.0 Å². The number of phenols is 1. The Morgan fingerprint density at radius 3 is 2.59 bits per heavy atom. The summed E-state index contributed by atoms with van der Waals surface area (Å²) in [5, 5.41) is 12.5. The maximum atomic E-state index is 12.2. The first-order valence-electron chi connectivity index (χ1n) is 8.50. The molecule has 0 saturated carbocycles.